The Morgan fingerprint density at radius 3 is 2.56 bits per heavy atom. The molecule has 0 saturated heterocycles. The predicted octanol–water partition coefficient (Wildman–Crippen LogP) is 2.31. The molecule has 1 saturated carbocycles. The first-order chi connectivity index (χ1) is 12.8. The van der Waals surface area contributed by atoms with Gasteiger partial charge in [-0.3, -0.25) is 4.79 Å². The van der Waals surface area contributed by atoms with Gasteiger partial charge in [-0.1, -0.05) is 38.0 Å². The van der Waals surface area contributed by atoms with E-state index in [0.29, 0.717) is 0 Å². The SMILES string of the molecule is CC1(C(CC(=O)NCC#N)N(CC=N)S(=O)(=O)c2ccccc2)CCCC1. The Kier molecular flexibility index (Phi) is 7.11. The summed E-state index contributed by atoms with van der Waals surface area (Å²) in [5, 5.41) is 18.7. The van der Waals surface area contributed by atoms with Crippen molar-refractivity contribution < 1.29 is 13.2 Å². The molecule has 0 spiro atoms. The summed E-state index contributed by atoms with van der Waals surface area (Å²) >= 11 is 0. The molecular weight excluding hydrogens is 364 g/mol. The number of nitrogens with one attached hydrogen (secondary N) is 2. The molecule has 0 aliphatic heterocycles. The molecule has 1 amide bonds. The van der Waals surface area contributed by atoms with Gasteiger partial charge in [-0.05, 0) is 30.4 Å². The summed E-state index contributed by atoms with van der Waals surface area (Å²) in [6, 6.07) is 9.38. The number of nitriles is 1. The number of sulfonamides is 1. The third-order valence-corrected chi connectivity index (χ3v) is 7.15. The van der Waals surface area contributed by atoms with Gasteiger partial charge in [-0.2, -0.15) is 9.57 Å². The molecule has 2 rings (SSSR count). The van der Waals surface area contributed by atoms with Crippen LogP contribution in [0.1, 0.15) is 39.0 Å². The molecule has 1 aromatic carbocycles. The first-order valence-electron chi connectivity index (χ1n) is 9.04. The third-order valence-electron chi connectivity index (χ3n) is 5.26. The molecule has 1 aromatic rings. The summed E-state index contributed by atoms with van der Waals surface area (Å²) in [7, 11) is -3.87. The van der Waals surface area contributed by atoms with E-state index in [0.717, 1.165) is 31.9 Å². The number of nitrogens with zero attached hydrogens (tertiary/aromatic N) is 2. The Labute approximate surface area is 160 Å². The lowest BCUT2D eigenvalue weighted by Crippen LogP contribution is -2.51. The van der Waals surface area contributed by atoms with Gasteiger partial charge in [-0.25, -0.2) is 8.42 Å². The average molecular weight is 391 g/mol. The molecule has 0 aromatic heterocycles. The molecule has 146 valence electrons. The molecule has 1 atom stereocenters. The maximum absolute atomic E-state index is 13.3. The van der Waals surface area contributed by atoms with E-state index in [1.807, 2.05) is 13.0 Å². The fourth-order valence-electron chi connectivity index (χ4n) is 3.81. The first-order valence-corrected chi connectivity index (χ1v) is 10.5. The van der Waals surface area contributed by atoms with Crippen molar-refractivity contribution in [2.24, 2.45) is 5.41 Å². The van der Waals surface area contributed by atoms with Gasteiger partial charge < -0.3 is 10.7 Å². The van der Waals surface area contributed by atoms with Crippen molar-refractivity contribution in [2.75, 3.05) is 13.1 Å². The third kappa shape index (κ3) is 4.93. The molecule has 8 heteroatoms. The summed E-state index contributed by atoms with van der Waals surface area (Å²) in [4.78, 5) is 12.5. The number of carbonyl (C=O) groups is 1. The number of hydrogen-bond acceptors (Lipinski definition) is 5. The van der Waals surface area contributed by atoms with Crippen LogP contribution in [0.5, 0.6) is 0 Å². The first kappa shape index (κ1) is 21.1. The Morgan fingerprint density at radius 1 is 1.37 bits per heavy atom. The van der Waals surface area contributed by atoms with Gasteiger partial charge >= 0.3 is 0 Å². The number of rotatable bonds is 9. The van der Waals surface area contributed by atoms with Gasteiger partial charge in [0.15, 0.2) is 0 Å². The lowest BCUT2D eigenvalue weighted by Gasteiger charge is -2.40. The molecule has 1 unspecified atom stereocenters. The highest BCUT2D eigenvalue weighted by Gasteiger charge is 2.45. The zero-order chi connectivity index (χ0) is 19.9. The minimum atomic E-state index is -3.87. The van der Waals surface area contributed by atoms with Crippen molar-refractivity contribution in [3.8, 4) is 6.07 Å². The molecule has 2 N–H and O–H groups in total. The number of benzene rings is 1. The normalized spacial score (nSPS) is 17.2. The monoisotopic (exact) mass is 390 g/mol. The summed E-state index contributed by atoms with van der Waals surface area (Å²) in [5.74, 6) is -0.354. The van der Waals surface area contributed by atoms with Crippen molar-refractivity contribution in [3.05, 3.63) is 30.3 Å². The lowest BCUT2D eigenvalue weighted by atomic mass is 9.78. The highest BCUT2D eigenvalue weighted by atomic mass is 32.2. The average Bonchev–Trinajstić information content (AvgIpc) is 3.11. The number of carbonyl (C=O) groups excluding carboxylic acids is 1. The van der Waals surface area contributed by atoms with Crippen LogP contribution in [0.15, 0.2) is 35.2 Å². The molecule has 1 aliphatic carbocycles. The summed E-state index contributed by atoms with van der Waals surface area (Å²) in [5.41, 5.74) is -0.352. The van der Waals surface area contributed by atoms with Crippen LogP contribution in [-0.2, 0) is 14.8 Å². The smallest absolute Gasteiger partial charge is 0.243 e. The Balaban J connectivity index is 2.43. The van der Waals surface area contributed by atoms with E-state index < -0.39 is 16.1 Å². The van der Waals surface area contributed by atoms with E-state index in [9.17, 15) is 13.2 Å². The standard InChI is InChI=1S/C19H26N4O3S/c1-19(9-5-6-10-19)17(15-18(24)22-13-11-20)23(14-12-21)27(25,26)16-7-3-2-4-8-16/h2-4,7-8,12,17,21H,5-6,9-10,13-15H2,1H3,(H,22,24). The van der Waals surface area contributed by atoms with Gasteiger partial charge in [0, 0.05) is 25.2 Å². The van der Waals surface area contributed by atoms with Gasteiger partial charge in [0.25, 0.3) is 0 Å². The number of amides is 1. The minimum Gasteiger partial charge on any atom is -0.343 e. The minimum absolute atomic E-state index is 0.0297. The summed E-state index contributed by atoms with van der Waals surface area (Å²) < 4.78 is 27.9. The van der Waals surface area contributed by atoms with Gasteiger partial charge in [0.1, 0.15) is 6.54 Å². The van der Waals surface area contributed by atoms with E-state index in [1.54, 1.807) is 18.2 Å². The van der Waals surface area contributed by atoms with Gasteiger partial charge in [-0.15, -0.1) is 0 Å². The molecule has 7 nitrogen and oxygen atoms in total. The van der Waals surface area contributed by atoms with Crippen molar-refractivity contribution in [3.63, 3.8) is 0 Å². The van der Waals surface area contributed by atoms with Crippen LogP contribution in [0.2, 0.25) is 0 Å². The molecule has 1 aliphatic rings. The summed E-state index contributed by atoms with van der Waals surface area (Å²) in [6.45, 7) is 1.81. The molecule has 0 bridgehead atoms. The highest BCUT2D eigenvalue weighted by molar-refractivity contribution is 7.89. The van der Waals surface area contributed by atoms with Crippen LogP contribution in [0.25, 0.3) is 0 Å². The second-order valence-electron chi connectivity index (χ2n) is 7.11. The zero-order valence-electron chi connectivity index (χ0n) is 15.5. The largest absolute Gasteiger partial charge is 0.343 e. The van der Waals surface area contributed by atoms with Crippen LogP contribution in [-0.4, -0.2) is 44.0 Å². The molecular formula is C19H26N4O3S. The maximum atomic E-state index is 13.3. The molecule has 27 heavy (non-hydrogen) atoms. The van der Waals surface area contributed by atoms with Crippen molar-refractivity contribution in [1.29, 1.82) is 10.7 Å². The zero-order valence-corrected chi connectivity index (χ0v) is 16.3. The van der Waals surface area contributed by atoms with E-state index in [-0.39, 0.29) is 35.7 Å². The van der Waals surface area contributed by atoms with Crippen LogP contribution >= 0.6 is 0 Å². The van der Waals surface area contributed by atoms with Crippen LogP contribution < -0.4 is 5.32 Å². The fraction of sp³-hybridized carbons (Fsp3) is 0.526. The maximum Gasteiger partial charge on any atom is 0.243 e. The van der Waals surface area contributed by atoms with E-state index >= 15 is 0 Å². The Morgan fingerprint density at radius 2 is 2.00 bits per heavy atom. The predicted molar refractivity (Wildman–Crippen MR) is 103 cm³/mol. The molecule has 1 fully saturated rings. The lowest BCUT2D eigenvalue weighted by molar-refractivity contribution is -0.122. The van der Waals surface area contributed by atoms with Crippen molar-refractivity contribution in [2.45, 2.75) is 50.0 Å². The topological polar surface area (TPSA) is 114 Å². The second kappa shape index (κ2) is 9.11. The van der Waals surface area contributed by atoms with Crippen LogP contribution in [0.4, 0.5) is 0 Å². The highest BCUT2D eigenvalue weighted by Crippen LogP contribution is 2.44. The van der Waals surface area contributed by atoms with Crippen molar-refractivity contribution >= 4 is 22.1 Å². The molecule has 0 radical (unpaired) electrons. The van der Waals surface area contributed by atoms with E-state index in [4.69, 9.17) is 10.7 Å². The van der Waals surface area contributed by atoms with Gasteiger partial charge in [0.05, 0.1) is 11.0 Å². The van der Waals surface area contributed by atoms with E-state index in [1.165, 1.54) is 16.4 Å². The van der Waals surface area contributed by atoms with Crippen LogP contribution in [0, 0.1) is 22.2 Å². The fourth-order valence-corrected chi connectivity index (χ4v) is 5.52. The van der Waals surface area contributed by atoms with E-state index in [2.05, 4.69) is 5.32 Å². The number of hydrogen-bond donors (Lipinski definition) is 2. The quantitative estimate of drug-likeness (QED) is 0.497. The molecule has 0 heterocycles. The van der Waals surface area contributed by atoms with Crippen LogP contribution in [0.3, 0.4) is 0 Å². The van der Waals surface area contributed by atoms with Crippen molar-refractivity contribution in [1.82, 2.24) is 9.62 Å². The second-order valence-corrected chi connectivity index (χ2v) is 9.00. The summed E-state index contributed by atoms with van der Waals surface area (Å²) in [6.07, 6.45) is 4.63. The Bertz CT molecular complexity index is 796. The Hall–Kier alpha value is -2.24. The van der Waals surface area contributed by atoms with Gasteiger partial charge in [0.2, 0.25) is 15.9 Å².